The first kappa shape index (κ1) is 16.0. The summed E-state index contributed by atoms with van der Waals surface area (Å²) in [6.07, 6.45) is 5.14. The predicted molar refractivity (Wildman–Crippen MR) is 104 cm³/mol. The van der Waals surface area contributed by atoms with Gasteiger partial charge in [0, 0.05) is 11.4 Å². The highest BCUT2D eigenvalue weighted by Crippen LogP contribution is 2.21. The fourth-order valence-electron chi connectivity index (χ4n) is 3.14. The van der Waals surface area contributed by atoms with E-state index in [4.69, 9.17) is 16.6 Å². The number of aryl methyl sites for hydroxylation is 2. The molecule has 7 heteroatoms. The Hall–Kier alpha value is -3.25. The van der Waals surface area contributed by atoms with Crippen molar-refractivity contribution in [1.82, 2.24) is 29.4 Å². The van der Waals surface area contributed by atoms with Crippen LogP contribution >= 0.6 is 11.6 Å². The summed E-state index contributed by atoms with van der Waals surface area (Å²) in [5, 5.41) is 10.6. The van der Waals surface area contributed by atoms with Crippen LogP contribution in [0, 0.1) is 0 Å². The average molecular weight is 375 g/mol. The zero-order valence-electron chi connectivity index (χ0n) is 14.3. The molecule has 0 atom stereocenters. The SMILES string of the molecule is Clc1ccc(-n2ncc3c2ncn2nc(CCc4ccccc4)nc32)cc1. The Labute approximate surface area is 160 Å². The molecule has 0 spiro atoms. The minimum atomic E-state index is 0.686. The van der Waals surface area contributed by atoms with Gasteiger partial charge < -0.3 is 0 Å². The summed E-state index contributed by atoms with van der Waals surface area (Å²) in [6.45, 7) is 0. The molecule has 0 fully saturated rings. The van der Waals surface area contributed by atoms with Crippen LogP contribution in [0.15, 0.2) is 67.1 Å². The monoisotopic (exact) mass is 374 g/mol. The van der Waals surface area contributed by atoms with Gasteiger partial charge in [-0.2, -0.15) is 5.10 Å². The van der Waals surface area contributed by atoms with Gasteiger partial charge in [-0.1, -0.05) is 41.9 Å². The topological polar surface area (TPSA) is 60.9 Å². The molecule has 6 nitrogen and oxygen atoms in total. The molecule has 0 aliphatic heterocycles. The van der Waals surface area contributed by atoms with Crippen LogP contribution in [-0.4, -0.2) is 29.4 Å². The number of hydrogen-bond donors (Lipinski definition) is 0. The lowest BCUT2D eigenvalue weighted by atomic mass is 10.1. The summed E-state index contributed by atoms with van der Waals surface area (Å²) < 4.78 is 3.50. The fourth-order valence-corrected chi connectivity index (χ4v) is 3.27. The van der Waals surface area contributed by atoms with Gasteiger partial charge in [-0.3, -0.25) is 0 Å². The van der Waals surface area contributed by atoms with Crippen molar-refractivity contribution in [3.05, 3.63) is 83.5 Å². The van der Waals surface area contributed by atoms with Gasteiger partial charge in [0.25, 0.3) is 0 Å². The van der Waals surface area contributed by atoms with Crippen molar-refractivity contribution in [2.45, 2.75) is 12.8 Å². The van der Waals surface area contributed by atoms with E-state index in [0.29, 0.717) is 5.02 Å². The third-order valence-electron chi connectivity index (χ3n) is 4.50. The molecular formula is C20H15ClN6. The Kier molecular flexibility index (Phi) is 3.83. The van der Waals surface area contributed by atoms with Crippen LogP contribution in [-0.2, 0) is 12.8 Å². The van der Waals surface area contributed by atoms with E-state index in [1.807, 2.05) is 42.5 Å². The van der Waals surface area contributed by atoms with E-state index in [1.165, 1.54) is 5.56 Å². The molecule has 0 bridgehead atoms. The smallest absolute Gasteiger partial charge is 0.170 e. The third kappa shape index (κ3) is 2.94. The van der Waals surface area contributed by atoms with E-state index in [1.54, 1.807) is 21.7 Å². The molecule has 3 heterocycles. The molecule has 0 amide bonds. The molecule has 27 heavy (non-hydrogen) atoms. The van der Waals surface area contributed by atoms with E-state index >= 15 is 0 Å². The van der Waals surface area contributed by atoms with Crippen LogP contribution in [0.25, 0.3) is 22.4 Å². The highest BCUT2D eigenvalue weighted by molar-refractivity contribution is 6.30. The van der Waals surface area contributed by atoms with E-state index in [0.717, 1.165) is 41.0 Å². The van der Waals surface area contributed by atoms with Crippen LogP contribution in [0.5, 0.6) is 0 Å². The Morgan fingerprint density at radius 3 is 2.52 bits per heavy atom. The van der Waals surface area contributed by atoms with Crippen LogP contribution in [0.3, 0.4) is 0 Å². The number of rotatable bonds is 4. The summed E-state index contributed by atoms with van der Waals surface area (Å²) in [4.78, 5) is 9.24. The Morgan fingerprint density at radius 2 is 1.70 bits per heavy atom. The highest BCUT2D eigenvalue weighted by Gasteiger charge is 2.13. The standard InChI is InChI=1S/C20H15ClN6/c21-15-7-9-16(10-8-15)27-19-17(12-23-27)20-24-18(25-26(20)13-22-19)11-6-14-4-2-1-3-5-14/h1-5,7-10,12-13H,6,11H2. The zero-order chi connectivity index (χ0) is 18.2. The van der Waals surface area contributed by atoms with E-state index in [-0.39, 0.29) is 0 Å². The van der Waals surface area contributed by atoms with Crippen LogP contribution in [0.1, 0.15) is 11.4 Å². The molecule has 0 aliphatic rings. The van der Waals surface area contributed by atoms with Crippen molar-refractivity contribution in [3.8, 4) is 5.69 Å². The number of fused-ring (bicyclic) bond motifs is 3. The molecule has 0 radical (unpaired) electrons. The van der Waals surface area contributed by atoms with Gasteiger partial charge in [-0.15, -0.1) is 5.10 Å². The van der Waals surface area contributed by atoms with Crippen molar-refractivity contribution >= 4 is 28.3 Å². The van der Waals surface area contributed by atoms with Gasteiger partial charge in [-0.05, 0) is 36.2 Å². The van der Waals surface area contributed by atoms with Crippen molar-refractivity contribution in [1.29, 1.82) is 0 Å². The molecule has 2 aromatic carbocycles. The number of nitrogens with zero attached hydrogens (tertiary/aromatic N) is 6. The second kappa shape index (κ2) is 6.48. The van der Waals surface area contributed by atoms with Gasteiger partial charge in [0.2, 0.25) is 0 Å². The molecule has 5 aromatic rings. The normalized spacial score (nSPS) is 11.4. The molecular weight excluding hydrogens is 360 g/mol. The summed E-state index contributed by atoms with van der Waals surface area (Å²) in [5.41, 5.74) is 3.68. The molecule has 0 saturated heterocycles. The van der Waals surface area contributed by atoms with Crippen molar-refractivity contribution in [2.75, 3.05) is 0 Å². The quantitative estimate of drug-likeness (QED) is 0.478. The Balaban J connectivity index is 1.51. The minimum Gasteiger partial charge on any atom is -0.216 e. The Bertz CT molecular complexity index is 1220. The second-order valence-corrected chi connectivity index (χ2v) is 6.73. The second-order valence-electron chi connectivity index (χ2n) is 6.30. The molecule has 0 saturated carbocycles. The van der Waals surface area contributed by atoms with Crippen LogP contribution in [0.4, 0.5) is 0 Å². The largest absolute Gasteiger partial charge is 0.216 e. The predicted octanol–water partition coefficient (Wildman–Crippen LogP) is 3.90. The van der Waals surface area contributed by atoms with Gasteiger partial charge in [0.15, 0.2) is 17.1 Å². The van der Waals surface area contributed by atoms with Gasteiger partial charge >= 0.3 is 0 Å². The first-order valence-corrected chi connectivity index (χ1v) is 9.03. The summed E-state index contributed by atoms with van der Waals surface area (Å²) >= 11 is 5.98. The van der Waals surface area contributed by atoms with Gasteiger partial charge in [0.05, 0.1) is 17.3 Å². The number of hydrogen-bond acceptors (Lipinski definition) is 4. The fraction of sp³-hybridized carbons (Fsp3) is 0.100. The molecule has 0 unspecified atom stereocenters. The first-order valence-electron chi connectivity index (χ1n) is 8.66. The third-order valence-corrected chi connectivity index (χ3v) is 4.75. The van der Waals surface area contributed by atoms with Gasteiger partial charge in [0.1, 0.15) is 6.33 Å². The molecule has 0 aliphatic carbocycles. The first-order chi connectivity index (χ1) is 13.3. The van der Waals surface area contributed by atoms with Crippen molar-refractivity contribution < 1.29 is 0 Å². The lowest BCUT2D eigenvalue weighted by molar-refractivity contribution is 0.826. The summed E-state index contributed by atoms with van der Waals surface area (Å²) in [7, 11) is 0. The lowest BCUT2D eigenvalue weighted by Gasteiger charge is -2.02. The maximum Gasteiger partial charge on any atom is 0.170 e. The molecule has 3 aromatic heterocycles. The van der Waals surface area contributed by atoms with E-state index in [9.17, 15) is 0 Å². The number of aromatic nitrogens is 6. The molecule has 5 rings (SSSR count). The highest BCUT2D eigenvalue weighted by atomic mass is 35.5. The number of benzene rings is 2. The van der Waals surface area contributed by atoms with E-state index < -0.39 is 0 Å². The van der Waals surface area contributed by atoms with Gasteiger partial charge in [-0.25, -0.2) is 19.2 Å². The lowest BCUT2D eigenvalue weighted by Crippen LogP contribution is -1.98. The summed E-state index contributed by atoms with van der Waals surface area (Å²) in [6, 6.07) is 17.8. The summed E-state index contributed by atoms with van der Waals surface area (Å²) in [5.74, 6) is 0.799. The van der Waals surface area contributed by atoms with Crippen LogP contribution < -0.4 is 0 Å². The van der Waals surface area contributed by atoms with E-state index in [2.05, 4.69) is 27.3 Å². The number of halogens is 1. The zero-order valence-corrected chi connectivity index (χ0v) is 15.1. The van der Waals surface area contributed by atoms with Crippen molar-refractivity contribution in [2.24, 2.45) is 0 Å². The Morgan fingerprint density at radius 1 is 0.889 bits per heavy atom. The molecule has 0 N–H and O–H groups in total. The van der Waals surface area contributed by atoms with Crippen LogP contribution in [0.2, 0.25) is 5.02 Å². The van der Waals surface area contributed by atoms with Crippen molar-refractivity contribution in [3.63, 3.8) is 0 Å². The maximum atomic E-state index is 5.98. The molecule has 132 valence electrons. The minimum absolute atomic E-state index is 0.686. The maximum absolute atomic E-state index is 5.98. The average Bonchev–Trinajstić information content (AvgIpc) is 3.31.